The molecule has 0 spiro atoms. The Bertz CT molecular complexity index is 1080. The summed E-state index contributed by atoms with van der Waals surface area (Å²) in [4.78, 5) is 14.7. The smallest absolute Gasteiger partial charge is 0.236 e. The molecule has 3 aromatic rings. The predicted octanol–water partition coefficient (Wildman–Crippen LogP) is 4.24. The van der Waals surface area contributed by atoms with Crippen molar-refractivity contribution in [2.75, 3.05) is 33.9 Å². The molecule has 0 saturated carbocycles. The van der Waals surface area contributed by atoms with Crippen molar-refractivity contribution in [3.8, 4) is 5.75 Å². The zero-order valence-corrected chi connectivity index (χ0v) is 18.6. The molecule has 1 fully saturated rings. The number of likely N-dealkylation sites (N-methyl/N-ethyl adjacent to an activating group) is 1. The lowest BCUT2D eigenvalue weighted by atomic mass is 9.82. The number of ether oxygens (including phenoxy) is 2. The highest BCUT2D eigenvalue weighted by molar-refractivity contribution is 5.84. The number of hydrogen-bond acceptors (Lipinski definition) is 4. The molecule has 6 heteroatoms. The molecule has 0 aliphatic carbocycles. The molecule has 1 N–H and O–H groups in total. The van der Waals surface area contributed by atoms with E-state index in [-0.39, 0.29) is 23.8 Å². The molecule has 32 heavy (non-hydrogen) atoms. The molecule has 0 bridgehead atoms. The fourth-order valence-electron chi connectivity index (χ4n) is 4.30. The molecule has 1 amide bonds. The molecule has 3 aromatic carbocycles. The number of halogens is 1. The van der Waals surface area contributed by atoms with Crippen LogP contribution in [0.4, 0.5) is 4.39 Å². The average molecular weight is 437 g/mol. The van der Waals surface area contributed by atoms with Crippen molar-refractivity contribution < 1.29 is 18.7 Å². The molecule has 1 aliphatic heterocycles. The van der Waals surface area contributed by atoms with Gasteiger partial charge in [-0.2, -0.15) is 0 Å². The second-order valence-corrected chi connectivity index (χ2v) is 8.35. The van der Waals surface area contributed by atoms with Crippen LogP contribution in [-0.4, -0.2) is 44.7 Å². The third kappa shape index (κ3) is 4.92. The maximum Gasteiger partial charge on any atom is 0.236 e. The van der Waals surface area contributed by atoms with E-state index in [4.69, 9.17) is 9.47 Å². The monoisotopic (exact) mass is 436 g/mol. The number of methoxy groups -OCH3 is 1. The minimum atomic E-state index is -0.384. The zero-order chi connectivity index (χ0) is 22.6. The van der Waals surface area contributed by atoms with E-state index in [1.54, 1.807) is 24.1 Å². The molecule has 0 unspecified atom stereocenters. The Kier molecular flexibility index (Phi) is 6.72. The summed E-state index contributed by atoms with van der Waals surface area (Å²) >= 11 is 0. The summed E-state index contributed by atoms with van der Waals surface area (Å²) in [5, 5.41) is 5.68. The SMILES string of the molecule is COc1ccc2cc(CN(C)C(=O)CNC3(c4ccc(F)cc4)CCOCC3)ccc2c1. The van der Waals surface area contributed by atoms with Gasteiger partial charge in [0.05, 0.1) is 13.7 Å². The summed E-state index contributed by atoms with van der Waals surface area (Å²) in [7, 11) is 3.47. The van der Waals surface area contributed by atoms with Crippen LogP contribution >= 0.6 is 0 Å². The van der Waals surface area contributed by atoms with Gasteiger partial charge in [0, 0.05) is 32.3 Å². The number of benzene rings is 3. The van der Waals surface area contributed by atoms with Crippen molar-refractivity contribution in [1.29, 1.82) is 0 Å². The molecule has 1 heterocycles. The molecule has 0 aromatic heterocycles. The quantitative estimate of drug-likeness (QED) is 0.602. The second kappa shape index (κ2) is 9.67. The van der Waals surface area contributed by atoms with Crippen LogP contribution < -0.4 is 10.1 Å². The van der Waals surface area contributed by atoms with Gasteiger partial charge in [-0.15, -0.1) is 0 Å². The van der Waals surface area contributed by atoms with Crippen molar-refractivity contribution in [2.45, 2.75) is 24.9 Å². The van der Waals surface area contributed by atoms with E-state index in [0.717, 1.165) is 40.5 Å². The van der Waals surface area contributed by atoms with Crippen molar-refractivity contribution in [3.63, 3.8) is 0 Å². The Morgan fingerprint density at radius 3 is 2.47 bits per heavy atom. The fraction of sp³-hybridized carbons (Fsp3) is 0.346. The Morgan fingerprint density at radius 2 is 1.75 bits per heavy atom. The van der Waals surface area contributed by atoms with Crippen LogP contribution in [0.25, 0.3) is 10.8 Å². The summed E-state index contributed by atoms with van der Waals surface area (Å²) in [6.07, 6.45) is 1.48. The molecule has 5 nitrogen and oxygen atoms in total. The average Bonchev–Trinajstić information content (AvgIpc) is 2.83. The van der Waals surface area contributed by atoms with E-state index < -0.39 is 0 Å². The molecular formula is C26H29FN2O3. The Hall–Kier alpha value is -2.96. The number of nitrogens with zero attached hydrogens (tertiary/aromatic N) is 1. The Labute approximate surface area is 188 Å². The summed E-state index contributed by atoms with van der Waals surface area (Å²) in [5.74, 6) is 0.570. The molecule has 4 rings (SSSR count). The van der Waals surface area contributed by atoms with Crippen LogP contribution in [0, 0.1) is 5.82 Å². The first kappa shape index (κ1) is 22.2. The van der Waals surface area contributed by atoms with E-state index in [1.807, 2.05) is 31.3 Å². The first-order valence-corrected chi connectivity index (χ1v) is 10.9. The third-order valence-electron chi connectivity index (χ3n) is 6.28. The van der Waals surface area contributed by atoms with Gasteiger partial charge in [-0.1, -0.05) is 30.3 Å². The Morgan fingerprint density at radius 1 is 1.06 bits per heavy atom. The molecule has 0 atom stereocenters. The van der Waals surface area contributed by atoms with Crippen LogP contribution in [-0.2, 0) is 21.6 Å². The summed E-state index contributed by atoms with van der Waals surface area (Å²) in [5.41, 5.74) is 1.67. The van der Waals surface area contributed by atoms with Gasteiger partial charge in [-0.25, -0.2) is 4.39 Å². The van der Waals surface area contributed by atoms with E-state index >= 15 is 0 Å². The minimum absolute atomic E-state index is 0.00723. The van der Waals surface area contributed by atoms with E-state index in [0.29, 0.717) is 19.8 Å². The maximum atomic E-state index is 13.4. The highest BCUT2D eigenvalue weighted by atomic mass is 19.1. The van der Waals surface area contributed by atoms with Crippen LogP contribution in [0.3, 0.4) is 0 Å². The van der Waals surface area contributed by atoms with Crippen LogP contribution in [0.1, 0.15) is 24.0 Å². The number of carbonyl (C=O) groups excluding carboxylic acids is 1. The topological polar surface area (TPSA) is 50.8 Å². The largest absolute Gasteiger partial charge is 0.497 e. The first-order chi connectivity index (χ1) is 15.5. The van der Waals surface area contributed by atoms with Gasteiger partial charge >= 0.3 is 0 Å². The molecular weight excluding hydrogens is 407 g/mol. The van der Waals surface area contributed by atoms with Gasteiger partial charge in [0.25, 0.3) is 0 Å². The number of nitrogens with one attached hydrogen (secondary N) is 1. The van der Waals surface area contributed by atoms with Gasteiger partial charge in [-0.3, -0.25) is 10.1 Å². The predicted molar refractivity (Wildman–Crippen MR) is 123 cm³/mol. The maximum absolute atomic E-state index is 13.4. The van der Waals surface area contributed by atoms with Crippen molar-refractivity contribution in [2.24, 2.45) is 0 Å². The Balaban J connectivity index is 1.42. The summed E-state index contributed by atoms with van der Waals surface area (Å²) < 4.78 is 24.2. The van der Waals surface area contributed by atoms with Crippen LogP contribution in [0.5, 0.6) is 5.75 Å². The van der Waals surface area contributed by atoms with Gasteiger partial charge in [-0.05, 0) is 65.1 Å². The lowest BCUT2D eigenvalue weighted by Crippen LogP contribution is -2.50. The fourth-order valence-corrected chi connectivity index (χ4v) is 4.30. The molecule has 1 aliphatic rings. The van der Waals surface area contributed by atoms with Gasteiger partial charge < -0.3 is 14.4 Å². The normalized spacial score (nSPS) is 15.5. The van der Waals surface area contributed by atoms with Gasteiger partial charge in [0.15, 0.2) is 0 Å². The first-order valence-electron chi connectivity index (χ1n) is 10.9. The number of hydrogen-bond donors (Lipinski definition) is 1. The summed E-state index contributed by atoms with van der Waals surface area (Å²) in [6.45, 7) is 1.94. The summed E-state index contributed by atoms with van der Waals surface area (Å²) in [6, 6.07) is 18.7. The van der Waals surface area contributed by atoms with Crippen LogP contribution in [0.2, 0.25) is 0 Å². The highest BCUT2D eigenvalue weighted by Gasteiger charge is 2.34. The number of rotatable bonds is 7. The second-order valence-electron chi connectivity index (χ2n) is 8.35. The standard InChI is InChI=1S/C26H29FN2O3/c1-29(18-19-3-4-21-16-24(31-2)10-5-20(21)15-19)25(30)17-28-26(11-13-32-14-12-26)22-6-8-23(27)9-7-22/h3-10,15-16,28H,11-14,17-18H2,1-2H3. The van der Waals surface area contributed by atoms with E-state index in [2.05, 4.69) is 17.4 Å². The van der Waals surface area contributed by atoms with Crippen molar-refractivity contribution in [1.82, 2.24) is 10.2 Å². The van der Waals surface area contributed by atoms with Crippen molar-refractivity contribution >= 4 is 16.7 Å². The molecule has 0 radical (unpaired) electrons. The van der Waals surface area contributed by atoms with E-state index in [1.165, 1.54) is 12.1 Å². The number of carbonyl (C=O) groups is 1. The highest BCUT2D eigenvalue weighted by Crippen LogP contribution is 2.32. The van der Waals surface area contributed by atoms with Gasteiger partial charge in [0.1, 0.15) is 11.6 Å². The third-order valence-corrected chi connectivity index (χ3v) is 6.28. The van der Waals surface area contributed by atoms with E-state index in [9.17, 15) is 9.18 Å². The number of fused-ring (bicyclic) bond motifs is 1. The lowest BCUT2D eigenvalue weighted by molar-refractivity contribution is -0.130. The zero-order valence-electron chi connectivity index (χ0n) is 18.6. The number of amides is 1. The van der Waals surface area contributed by atoms with Crippen molar-refractivity contribution in [3.05, 3.63) is 77.6 Å². The minimum Gasteiger partial charge on any atom is -0.497 e. The van der Waals surface area contributed by atoms with Gasteiger partial charge in [0.2, 0.25) is 5.91 Å². The lowest BCUT2D eigenvalue weighted by Gasteiger charge is -2.39. The molecule has 1 saturated heterocycles. The van der Waals surface area contributed by atoms with Crippen LogP contribution in [0.15, 0.2) is 60.7 Å². The molecule has 168 valence electrons.